The van der Waals surface area contributed by atoms with Gasteiger partial charge in [-0.2, -0.15) is 0 Å². The van der Waals surface area contributed by atoms with E-state index >= 15 is 0 Å². The van der Waals surface area contributed by atoms with Crippen molar-refractivity contribution in [3.05, 3.63) is 27.1 Å². The molecule has 2 heterocycles. The van der Waals surface area contributed by atoms with Gasteiger partial charge in [-0.3, -0.25) is 9.36 Å². The maximum absolute atomic E-state index is 12.5. The molecule has 19 heavy (non-hydrogen) atoms. The van der Waals surface area contributed by atoms with Crippen LogP contribution in [-0.2, 0) is 19.4 Å². The van der Waals surface area contributed by atoms with E-state index in [1.807, 2.05) is 6.07 Å². The first-order valence-corrected chi connectivity index (χ1v) is 7.59. The molecule has 2 rings (SSSR count). The average Bonchev–Trinajstić information content (AvgIpc) is 2.77. The Hall–Kier alpha value is -1.27. The number of nitrogens with zero attached hydrogens (tertiary/aromatic N) is 2. The van der Waals surface area contributed by atoms with Crippen LogP contribution in [0.4, 0.5) is 0 Å². The molecule has 2 N–H and O–H groups in total. The third-order valence-electron chi connectivity index (χ3n) is 2.92. The first-order chi connectivity index (χ1) is 9.06. The summed E-state index contributed by atoms with van der Waals surface area (Å²) >= 11 is 6.52. The molecule has 0 bridgehead atoms. The second kappa shape index (κ2) is 5.79. The van der Waals surface area contributed by atoms with Gasteiger partial charge in [0, 0.05) is 11.3 Å². The van der Waals surface area contributed by atoms with E-state index in [0.717, 1.165) is 29.9 Å². The Morgan fingerprint density at radius 3 is 2.84 bits per heavy atom. The molecule has 2 aromatic rings. The van der Waals surface area contributed by atoms with Crippen molar-refractivity contribution in [3.63, 3.8) is 0 Å². The molecule has 0 spiro atoms. The predicted octanol–water partition coefficient (Wildman–Crippen LogP) is 2.26. The number of hydrogen-bond donors (Lipinski definition) is 1. The van der Waals surface area contributed by atoms with E-state index in [2.05, 4.69) is 18.8 Å². The van der Waals surface area contributed by atoms with Crippen LogP contribution in [0.15, 0.2) is 10.9 Å². The summed E-state index contributed by atoms with van der Waals surface area (Å²) in [5.41, 5.74) is 5.55. The van der Waals surface area contributed by atoms with E-state index in [9.17, 15) is 4.79 Å². The van der Waals surface area contributed by atoms with Crippen molar-refractivity contribution in [2.75, 3.05) is 0 Å². The molecule has 0 saturated carbocycles. The highest BCUT2D eigenvalue weighted by molar-refractivity contribution is 7.80. The first-order valence-electron chi connectivity index (χ1n) is 6.37. The molecule has 0 atom stereocenters. The number of thiocarbonyl (C=S) groups is 1. The standard InChI is InChI=1S/C13H17N3OS2/c1-3-5-11-15-12-9(6-8(4-2)19-12)13(17)16(11)7-10(14)18/h6H,3-5,7H2,1-2H3,(H2,14,18). The molecule has 6 heteroatoms. The summed E-state index contributed by atoms with van der Waals surface area (Å²) in [6, 6.07) is 1.93. The van der Waals surface area contributed by atoms with E-state index in [4.69, 9.17) is 18.0 Å². The molecule has 0 radical (unpaired) electrons. The monoisotopic (exact) mass is 295 g/mol. The molecule has 0 aromatic carbocycles. The largest absolute Gasteiger partial charge is 0.392 e. The number of aromatic nitrogens is 2. The van der Waals surface area contributed by atoms with Crippen molar-refractivity contribution < 1.29 is 0 Å². The molecular weight excluding hydrogens is 278 g/mol. The van der Waals surface area contributed by atoms with Crippen LogP contribution in [-0.4, -0.2) is 14.5 Å². The molecular formula is C13H17N3OS2. The smallest absolute Gasteiger partial charge is 0.262 e. The first kappa shape index (κ1) is 14.1. The molecule has 0 unspecified atom stereocenters. The summed E-state index contributed by atoms with van der Waals surface area (Å²) in [7, 11) is 0. The van der Waals surface area contributed by atoms with Crippen molar-refractivity contribution in [2.24, 2.45) is 5.73 Å². The minimum Gasteiger partial charge on any atom is -0.392 e. The van der Waals surface area contributed by atoms with Gasteiger partial charge in [0.05, 0.1) is 16.9 Å². The van der Waals surface area contributed by atoms with Gasteiger partial charge in [-0.1, -0.05) is 26.1 Å². The van der Waals surface area contributed by atoms with Crippen LogP contribution in [0, 0.1) is 0 Å². The van der Waals surface area contributed by atoms with Gasteiger partial charge in [0.15, 0.2) is 0 Å². The molecule has 4 nitrogen and oxygen atoms in total. The molecule has 102 valence electrons. The number of rotatable bonds is 5. The second-order valence-electron chi connectivity index (χ2n) is 4.42. The molecule has 0 saturated heterocycles. The Balaban J connectivity index is 2.68. The molecule has 2 aromatic heterocycles. The minimum atomic E-state index is -0.0304. The van der Waals surface area contributed by atoms with E-state index in [1.165, 1.54) is 4.88 Å². The van der Waals surface area contributed by atoms with Crippen molar-refractivity contribution in [2.45, 2.75) is 39.7 Å². The van der Waals surface area contributed by atoms with Crippen LogP contribution in [0.2, 0.25) is 0 Å². The summed E-state index contributed by atoms with van der Waals surface area (Å²) in [4.78, 5) is 19.4. The molecule has 0 aliphatic heterocycles. The molecule has 0 amide bonds. The zero-order chi connectivity index (χ0) is 14.0. The fourth-order valence-corrected chi connectivity index (χ4v) is 3.12. The minimum absolute atomic E-state index is 0.0304. The summed E-state index contributed by atoms with van der Waals surface area (Å²) in [6.07, 6.45) is 2.60. The third kappa shape index (κ3) is 2.84. The van der Waals surface area contributed by atoms with Gasteiger partial charge in [0.25, 0.3) is 5.56 Å². The number of nitrogens with two attached hydrogens (primary N) is 1. The Labute approximate surface area is 121 Å². The highest BCUT2D eigenvalue weighted by atomic mass is 32.1. The summed E-state index contributed by atoms with van der Waals surface area (Å²) in [5.74, 6) is 0.775. The van der Waals surface area contributed by atoms with Crippen LogP contribution >= 0.6 is 23.6 Å². The van der Waals surface area contributed by atoms with Gasteiger partial charge in [-0.05, 0) is 18.9 Å². The quantitative estimate of drug-likeness (QED) is 0.860. The van der Waals surface area contributed by atoms with Crippen LogP contribution < -0.4 is 11.3 Å². The lowest BCUT2D eigenvalue weighted by Crippen LogP contribution is -2.30. The number of hydrogen-bond acceptors (Lipinski definition) is 4. The molecule has 0 aliphatic carbocycles. The van der Waals surface area contributed by atoms with Crippen molar-refractivity contribution in [3.8, 4) is 0 Å². The van der Waals surface area contributed by atoms with Gasteiger partial charge < -0.3 is 5.73 Å². The summed E-state index contributed by atoms with van der Waals surface area (Å²) in [6.45, 7) is 4.41. The van der Waals surface area contributed by atoms with Crippen molar-refractivity contribution in [1.29, 1.82) is 0 Å². The lowest BCUT2D eigenvalue weighted by Gasteiger charge is -2.10. The van der Waals surface area contributed by atoms with Crippen LogP contribution in [0.3, 0.4) is 0 Å². The lowest BCUT2D eigenvalue weighted by molar-refractivity contribution is 0.693. The van der Waals surface area contributed by atoms with Gasteiger partial charge in [0.2, 0.25) is 0 Å². The highest BCUT2D eigenvalue weighted by Crippen LogP contribution is 2.22. The fourth-order valence-electron chi connectivity index (χ4n) is 2.02. The average molecular weight is 295 g/mol. The predicted molar refractivity (Wildman–Crippen MR) is 84.0 cm³/mol. The molecule has 0 fully saturated rings. The third-order valence-corrected chi connectivity index (χ3v) is 4.22. The SMILES string of the molecule is CCCc1nc2sc(CC)cc2c(=O)n1CC(N)=S. The zero-order valence-corrected chi connectivity index (χ0v) is 12.7. The van der Waals surface area contributed by atoms with Crippen molar-refractivity contribution in [1.82, 2.24) is 9.55 Å². The Morgan fingerprint density at radius 1 is 1.53 bits per heavy atom. The summed E-state index contributed by atoms with van der Waals surface area (Å²) < 4.78 is 1.61. The topological polar surface area (TPSA) is 60.9 Å². The van der Waals surface area contributed by atoms with E-state index in [0.29, 0.717) is 10.4 Å². The van der Waals surface area contributed by atoms with E-state index < -0.39 is 0 Å². The fraction of sp³-hybridized carbons (Fsp3) is 0.462. The zero-order valence-electron chi connectivity index (χ0n) is 11.1. The van der Waals surface area contributed by atoms with Gasteiger partial charge in [-0.25, -0.2) is 4.98 Å². The van der Waals surface area contributed by atoms with Gasteiger partial charge in [0.1, 0.15) is 10.7 Å². The van der Waals surface area contributed by atoms with Gasteiger partial charge >= 0.3 is 0 Å². The normalized spacial score (nSPS) is 11.1. The maximum Gasteiger partial charge on any atom is 0.262 e. The Bertz CT molecular complexity index is 672. The highest BCUT2D eigenvalue weighted by Gasteiger charge is 2.13. The van der Waals surface area contributed by atoms with Crippen LogP contribution in [0.5, 0.6) is 0 Å². The lowest BCUT2D eigenvalue weighted by atomic mass is 10.2. The Morgan fingerprint density at radius 2 is 2.26 bits per heavy atom. The maximum atomic E-state index is 12.5. The molecule has 0 aliphatic rings. The summed E-state index contributed by atoms with van der Waals surface area (Å²) in [5, 5.41) is 0.679. The van der Waals surface area contributed by atoms with Crippen LogP contribution in [0.25, 0.3) is 10.2 Å². The van der Waals surface area contributed by atoms with E-state index in [-0.39, 0.29) is 12.1 Å². The van der Waals surface area contributed by atoms with Crippen molar-refractivity contribution >= 4 is 38.8 Å². The van der Waals surface area contributed by atoms with Gasteiger partial charge in [-0.15, -0.1) is 11.3 Å². The second-order valence-corrected chi connectivity index (χ2v) is 6.06. The number of thiophene rings is 1. The van der Waals surface area contributed by atoms with Crippen LogP contribution in [0.1, 0.15) is 31.0 Å². The number of fused-ring (bicyclic) bond motifs is 1. The Kier molecular flexibility index (Phi) is 4.31. The van der Waals surface area contributed by atoms with E-state index in [1.54, 1.807) is 15.9 Å². The number of aryl methyl sites for hydroxylation is 2.